The van der Waals surface area contributed by atoms with Crippen molar-refractivity contribution in [3.05, 3.63) is 69.4 Å². The Labute approximate surface area is 241 Å². The molecule has 2 heterocycles. The highest BCUT2D eigenvalue weighted by Gasteiger charge is 2.05. The second-order valence-corrected chi connectivity index (χ2v) is 9.34. The summed E-state index contributed by atoms with van der Waals surface area (Å²) in [5.74, 6) is 0.584. The van der Waals surface area contributed by atoms with Crippen molar-refractivity contribution in [3.63, 3.8) is 0 Å². The summed E-state index contributed by atoms with van der Waals surface area (Å²) in [5.41, 5.74) is 12.0. The van der Waals surface area contributed by atoms with Crippen LogP contribution in [0, 0.1) is 0 Å². The lowest BCUT2D eigenvalue weighted by atomic mass is 10.1. The molecular formula is C28H40N8O5. The number of rotatable bonds is 5. The van der Waals surface area contributed by atoms with Gasteiger partial charge in [-0.05, 0) is 48.8 Å². The minimum atomic E-state index is 0.361. The molecule has 0 atom stereocenters. The number of fused-ring (bicyclic) bond motifs is 4. The highest BCUT2D eigenvalue weighted by molar-refractivity contribution is 5.82. The number of pyridine rings is 1. The van der Waals surface area contributed by atoms with E-state index in [1.807, 2.05) is 24.2 Å². The Balaban J connectivity index is 1.60. The summed E-state index contributed by atoms with van der Waals surface area (Å²) in [6, 6.07) is 12.0. The van der Waals surface area contributed by atoms with Crippen LogP contribution in [0.25, 0.3) is 10.4 Å². The normalized spacial score (nSPS) is 17.9. The van der Waals surface area contributed by atoms with Gasteiger partial charge in [-0.2, -0.15) is 10.1 Å². The number of hydrogen-bond donors (Lipinski definition) is 0. The molecule has 222 valence electrons. The Morgan fingerprint density at radius 3 is 2.02 bits per heavy atom. The van der Waals surface area contributed by atoms with Crippen molar-refractivity contribution in [1.29, 1.82) is 0 Å². The van der Waals surface area contributed by atoms with E-state index in [4.69, 9.17) is 29.6 Å². The van der Waals surface area contributed by atoms with E-state index >= 15 is 0 Å². The first-order chi connectivity index (χ1) is 20.1. The van der Waals surface area contributed by atoms with Gasteiger partial charge in [-0.15, -0.1) is 0 Å². The van der Waals surface area contributed by atoms with E-state index in [1.54, 1.807) is 12.1 Å². The van der Waals surface area contributed by atoms with E-state index in [0.717, 1.165) is 25.7 Å². The highest BCUT2D eigenvalue weighted by atomic mass is 16.7. The van der Waals surface area contributed by atoms with E-state index in [9.17, 15) is 0 Å². The molecule has 4 bridgehead atoms. The second-order valence-electron chi connectivity index (χ2n) is 9.34. The average Bonchev–Trinajstić information content (AvgIpc) is 2.96. The molecule has 0 amide bonds. The molecule has 0 fully saturated rings. The molecule has 0 aliphatic carbocycles. The van der Waals surface area contributed by atoms with E-state index < -0.39 is 0 Å². The second kappa shape index (κ2) is 19.4. The minimum absolute atomic E-state index is 0.361. The van der Waals surface area contributed by atoms with Gasteiger partial charge < -0.3 is 14.4 Å². The fraction of sp³-hybridized carbons (Fsp3) is 0.536. The summed E-state index contributed by atoms with van der Waals surface area (Å²) in [7, 11) is 3.83. The van der Waals surface area contributed by atoms with Crippen molar-refractivity contribution < 1.29 is 24.1 Å². The van der Waals surface area contributed by atoms with Gasteiger partial charge in [0, 0.05) is 50.8 Å². The van der Waals surface area contributed by atoms with Crippen LogP contribution in [-0.2, 0) is 32.2 Å². The van der Waals surface area contributed by atoms with E-state index in [1.165, 1.54) is 23.6 Å². The molecule has 41 heavy (non-hydrogen) atoms. The summed E-state index contributed by atoms with van der Waals surface area (Å²) in [6.45, 7) is 4.22. The lowest BCUT2D eigenvalue weighted by Crippen LogP contribution is -2.22. The van der Waals surface area contributed by atoms with Crippen LogP contribution in [0.4, 0.5) is 0 Å². The molecule has 1 aromatic carbocycles. The van der Waals surface area contributed by atoms with Crippen LogP contribution >= 0.6 is 0 Å². The largest absolute Gasteiger partial charge is 0.493 e. The smallest absolute Gasteiger partial charge is 0.123 e. The lowest BCUT2D eigenvalue weighted by Gasteiger charge is -2.17. The van der Waals surface area contributed by atoms with Crippen LogP contribution < -0.4 is 4.74 Å². The molecule has 0 N–H and O–H groups in total. The van der Waals surface area contributed by atoms with Crippen LogP contribution in [0.5, 0.6) is 5.75 Å². The Morgan fingerprint density at radius 1 is 0.878 bits per heavy atom. The predicted molar refractivity (Wildman–Crippen MR) is 156 cm³/mol. The van der Waals surface area contributed by atoms with Gasteiger partial charge in [-0.25, -0.2) is 4.98 Å². The molecule has 1 aliphatic rings. The zero-order chi connectivity index (χ0) is 29.0. The first kappa shape index (κ1) is 31.8. The SMILES string of the molecule is CN1CCCON=Cc2cc(OCCCN=[N+]=[N-])cc(n2)/C=N/OCCCN(C)OCCc2cccc(c2)CCO1. The van der Waals surface area contributed by atoms with Crippen molar-refractivity contribution in [2.24, 2.45) is 15.4 Å². The standard InChI is InChI=1S/C28H40N8O5/c1-35-12-5-15-38-31-22-26-20-28(37-14-4-11-30-34-29)21-27(33-26)23-32-39-16-6-13-36(2)41-18-10-25-8-3-7-24(19-25)9-17-40-35/h3,7-8,19-23H,4-6,9-18H2,1-2H3/b31-22+,32-23?. The van der Waals surface area contributed by atoms with Crippen molar-refractivity contribution in [2.75, 3.05) is 66.8 Å². The number of azide groups is 1. The summed E-state index contributed by atoms with van der Waals surface area (Å²) in [5, 5.41) is 15.3. The van der Waals surface area contributed by atoms with Crippen LogP contribution in [0.2, 0.25) is 0 Å². The van der Waals surface area contributed by atoms with Crippen LogP contribution in [0.3, 0.4) is 0 Å². The topological polar surface area (TPSA) is 139 Å². The molecule has 0 radical (unpaired) electrons. The molecule has 0 saturated carbocycles. The van der Waals surface area contributed by atoms with Crippen molar-refractivity contribution >= 4 is 12.4 Å². The van der Waals surface area contributed by atoms with Crippen LogP contribution in [-0.4, -0.2) is 94.3 Å². The van der Waals surface area contributed by atoms with Gasteiger partial charge in [0.05, 0.1) is 43.6 Å². The molecule has 3 rings (SSSR count). The highest BCUT2D eigenvalue weighted by Crippen LogP contribution is 2.14. The summed E-state index contributed by atoms with van der Waals surface area (Å²) in [6.07, 6.45) is 6.79. The van der Waals surface area contributed by atoms with Crippen molar-refractivity contribution in [3.8, 4) is 5.75 Å². The van der Waals surface area contributed by atoms with Crippen LogP contribution in [0.1, 0.15) is 41.8 Å². The number of hydroxylamine groups is 4. The lowest BCUT2D eigenvalue weighted by molar-refractivity contribution is -0.141. The molecule has 1 aromatic heterocycles. The first-order valence-electron chi connectivity index (χ1n) is 13.8. The molecule has 13 heteroatoms. The maximum Gasteiger partial charge on any atom is 0.123 e. The zero-order valence-corrected chi connectivity index (χ0v) is 23.9. The minimum Gasteiger partial charge on any atom is -0.493 e. The summed E-state index contributed by atoms with van der Waals surface area (Å²) < 4.78 is 5.80. The Morgan fingerprint density at radius 2 is 1.46 bits per heavy atom. The van der Waals surface area contributed by atoms with Gasteiger partial charge in [-0.1, -0.05) is 39.7 Å². The average molecular weight is 569 g/mol. The van der Waals surface area contributed by atoms with Crippen LogP contribution in [0.15, 0.2) is 51.8 Å². The van der Waals surface area contributed by atoms with E-state index in [0.29, 0.717) is 76.2 Å². The Kier molecular flexibility index (Phi) is 15.0. The van der Waals surface area contributed by atoms with Crippen molar-refractivity contribution in [2.45, 2.75) is 32.1 Å². The summed E-state index contributed by atoms with van der Waals surface area (Å²) in [4.78, 5) is 29.8. The molecule has 0 spiro atoms. The third-order valence-electron chi connectivity index (χ3n) is 5.91. The molecule has 1 aliphatic heterocycles. The fourth-order valence-corrected chi connectivity index (χ4v) is 3.83. The maximum absolute atomic E-state index is 8.42. The summed E-state index contributed by atoms with van der Waals surface area (Å²) >= 11 is 0. The van der Waals surface area contributed by atoms with Gasteiger partial charge in [0.15, 0.2) is 0 Å². The Bertz CT molecular complexity index is 1070. The number of hydrogen-bond acceptors (Lipinski definition) is 11. The van der Waals surface area contributed by atoms with Gasteiger partial charge in [0.25, 0.3) is 0 Å². The molecular weight excluding hydrogens is 528 g/mol. The third-order valence-corrected chi connectivity index (χ3v) is 5.91. The number of ether oxygens (including phenoxy) is 1. The first-order valence-corrected chi connectivity index (χ1v) is 13.8. The maximum atomic E-state index is 8.42. The van der Waals surface area contributed by atoms with E-state index in [-0.39, 0.29) is 0 Å². The third kappa shape index (κ3) is 13.9. The number of nitrogens with zero attached hydrogens (tertiary/aromatic N) is 8. The molecule has 0 saturated heterocycles. The molecule has 13 nitrogen and oxygen atoms in total. The predicted octanol–water partition coefficient (Wildman–Crippen LogP) is 4.17. The van der Waals surface area contributed by atoms with Gasteiger partial charge in [0.2, 0.25) is 0 Å². The monoisotopic (exact) mass is 568 g/mol. The fourth-order valence-electron chi connectivity index (χ4n) is 3.83. The Hall–Kier alpha value is -3.74. The van der Waals surface area contributed by atoms with Gasteiger partial charge in [0.1, 0.15) is 19.0 Å². The van der Waals surface area contributed by atoms with E-state index in [2.05, 4.69) is 49.6 Å². The molecule has 0 unspecified atom stereocenters. The molecule has 2 aromatic rings. The van der Waals surface area contributed by atoms with Crippen molar-refractivity contribution in [1.82, 2.24) is 15.1 Å². The quantitative estimate of drug-likeness (QED) is 0.227. The number of benzene rings is 1. The van der Waals surface area contributed by atoms with Gasteiger partial charge in [-0.3, -0.25) is 9.68 Å². The number of aromatic nitrogens is 1. The zero-order valence-electron chi connectivity index (χ0n) is 23.9. The number of oxime groups is 2. The van der Waals surface area contributed by atoms with Gasteiger partial charge >= 0.3 is 0 Å².